The largest absolute Gasteiger partial charge is 0.382 e. The van der Waals surface area contributed by atoms with Crippen molar-refractivity contribution in [1.29, 1.82) is 0 Å². The minimum absolute atomic E-state index is 0.291. The molecule has 0 fully saturated rings. The molecule has 28 heavy (non-hydrogen) atoms. The number of aryl methyl sites for hydroxylation is 1. The van der Waals surface area contributed by atoms with E-state index in [1.807, 2.05) is 48.5 Å². The van der Waals surface area contributed by atoms with Crippen LogP contribution in [0.5, 0.6) is 0 Å². The summed E-state index contributed by atoms with van der Waals surface area (Å²) in [4.78, 5) is 25.2. The number of carbonyl (C=O) groups excluding carboxylic acids is 2. The number of rotatable bonds is 6. The molecule has 3 aromatic rings. The maximum Gasteiger partial charge on any atom is 0.275 e. The molecule has 0 saturated carbocycles. The Labute approximate surface area is 163 Å². The molecule has 2 atom stereocenters. The first-order valence-corrected chi connectivity index (χ1v) is 9.07. The van der Waals surface area contributed by atoms with Gasteiger partial charge in [-0.15, -0.1) is 0 Å². The van der Waals surface area contributed by atoms with E-state index in [0.717, 1.165) is 10.9 Å². The van der Waals surface area contributed by atoms with Crippen LogP contribution in [-0.4, -0.2) is 34.1 Å². The molecule has 6 nitrogen and oxygen atoms in total. The molecular weight excluding hydrogens is 354 g/mol. The molecule has 3 rings (SSSR count). The Balaban J connectivity index is 1.69. The number of benzene rings is 3. The fourth-order valence-corrected chi connectivity index (χ4v) is 3.10. The van der Waals surface area contributed by atoms with E-state index in [2.05, 4.69) is 0 Å². The van der Waals surface area contributed by atoms with Gasteiger partial charge in [0.1, 0.15) is 6.10 Å². The van der Waals surface area contributed by atoms with Gasteiger partial charge >= 0.3 is 0 Å². The highest BCUT2D eigenvalue weighted by Crippen LogP contribution is 2.20. The number of aliphatic hydroxyl groups excluding tert-OH is 1. The zero-order chi connectivity index (χ0) is 20.1. The van der Waals surface area contributed by atoms with Gasteiger partial charge in [-0.2, -0.15) is 0 Å². The lowest BCUT2D eigenvalue weighted by molar-refractivity contribution is -0.138. The van der Waals surface area contributed by atoms with Crippen LogP contribution in [-0.2, 0) is 11.2 Å². The molecule has 0 aromatic heterocycles. The quantitative estimate of drug-likeness (QED) is 0.346. The van der Waals surface area contributed by atoms with Crippen LogP contribution in [0.25, 0.3) is 10.8 Å². The van der Waals surface area contributed by atoms with Gasteiger partial charge < -0.3 is 10.8 Å². The molecule has 2 amide bonds. The highest BCUT2D eigenvalue weighted by molar-refractivity contribution is 6.12. The summed E-state index contributed by atoms with van der Waals surface area (Å²) < 4.78 is 0. The maximum atomic E-state index is 12.7. The number of nitrogens with two attached hydrogens (primary N) is 2. The van der Waals surface area contributed by atoms with Crippen LogP contribution in [0.4, 0.5) is 0 Å². The standard InChI is InChI=1S/C22H23N3O3/c23-19(14-13-15-7-2-1-3-8-15)20(26)22(28)25(24)21(27)18-12-6-10-16-9-4-5-11-17(16)18/h1-12,19-20,26H,13-14,23-24H2. The number of hydrogen-bond donors (Lipinski definition) is 3. The second kappa shape index (κ2) is 8.75. The molecule has 0 aliphatic carbocycles. The molecule has 6 heteroatoms. The van der Waals surface area contributed by atoms with Crippen molar-refractivity contribution in [2.75, 3.05) is 0 Å². The van der Waals surface area contributed by atoms with Crippen LogP contribution in [0.3, 0.4) is 0 Å². The van der Waals surface area contributed by atoms with Gasteiger partial charge in [-0.3, -0.25) is 9.59 Å². The van der Waals surface area contributed by atoms with Crippen LogP contribution in [0.15, 0.2) is 72.8 Å². The third kappa shape index (κ3) is 4.26. The zero-order valence-corrected chi connectivity index (χ0v) is 15.4. The highest BCUT2D eigenvalue weighted by Gasteiger charge is 2.30. The SMILES string of the molecule is NC(CCc1ccccc1)C(O)C(=O)N(N)C(=O)c1cccc2ccccc12. The molecule has 0 saturated heterocycles. The normalized spacial score (nSPS) is 13.1. The first-order valence-electron chi connectivity index (χ1n) is 9.07. The van der Waals surface area contributed by atoms with Gasteiger partial charge in [0.25, 0.3) is 11.8 Å². The average Bonchev–Trinajstić information content (AvgIpc) is 2.75. The lowest BCUT2D eigenvalue weighted by Crippen LogP contribution is -2.53. The van der Waals surface area contributed by atoms with E-state index in [1.54, 1.807) is 24.3 Å². The van der Waals surface area contributed by atoms with E-state index in [-0.39, 0.29) is 0 Å². The van der Waals surface area contributed by atoms with Crippen LogP contribution in [0.2, 0.25) is 0 Å². The Morgan fingerprint density at radius 1 is 0.929 bits per heavy atom. The van der Waals surface area contributed by atoms with Gasteiger partial charge in [-0.25, -0.2) is 10.9 Å². The topological polar surface area (TPSA) is 110 Å². The molecule has 3 aromatic carbocycles. The molecule has 144 valence electrons. The molecule has 0 bridgehead atoms. The summed E-state index contributed by atoms with van der Waals surface area (Å²) >= 11 is 0. The minimum atomic E-state index is -1.56. The summed E-state index contributed by atoms with van der Waals surface area (Å²) in [6, 6.07) is 21.3. The van der Waals surface area contributed by atoms with E-state index >= 15 is 0 Å². The number of hydrazine groups is 1. The van der Waals surface area contributed by atoms with E-state index < -0.39 is 24.0 Å². The fraction of sp³-hybridized carbons (Fsp3) is 0.182. The van der Waals surface area contributed by atoms with E-state index in [1.165, 1.54) is 0 Å². The van der Waals surface area contributed by atoms with E-state index in [9.17, 15) is 14.7 Å². The van der Waals surface area contributed by atoms with E-state index in [4.69, 9.17) is 11.6 Å². The Bertz CT molecular complexity index is 970. The monoisotopic (exact) mass is 377 g/mol. The number of carbonyl (C=O) groups is 2. The Morgan fingerprint density at radius 2 is 1.57 bits per heavy atom. The van der Waals surface area contributed by atoms with Crippen molar-refractivity contribution < 1.29 is 14.7 Å². The van der Waals surface area contributed by atoms with Crippen molar-refractivity contribution in [2.45, 2.75) is 25.0 Å². The third-order valence-electron chi connectivity index (χ3n) is 4.74. The van der Waals surface area contributed by atoms with Gasteiger partial charge in [0.15, 0.2) is 0 Å². The van der Waals surface area contributed by atoms with Crippen molar-refractivity contribution in [3.63, 3.8) is 0 Å². The van der Waals surface area contributed by atoms with Crippen molar-refractivity contribution in [2.24, 2.45) is 11.6 Å². The second-order valence-corrected chi connectivity index (χ2v) is 6.67. The molecule has 5 N–H and O–H groups in total. The minimum Gasteiger partial charge on any atom is -0.382 e. The molecule has 0 spiro atoms. The van der Waals surface area contributed by atoms with Crippen molar-refractivity contribution in [3.05, 3.63) is 83.9 Å². The highest BCUT2D eigenvalue weighted by atomic mass is 16.3. The van der Waals surface area contributed by atoms with Crippen LogP contribution >= 0.6 is 0 Å². The summed E-state index contributed by atoms with van der Waals surface area (Å²) in [6.45, 7) is 0. The van der Waals surface area contributed by atoms with E-state index in [0.29, 0.717) is 28.8 Å². The summed E-state index contributed by atoms with van der Waals surface area (Å²) in [5.74, 6) is 4.15. The lowest BCUT2D eigenvalue weighted by atomic mass is 10.0. The predicted molar refractivity (Wildman–Crippen MR) is 108 cm³/mol. The Hall–Kier alpha value is -3.06. The molecule has 0 radical (unpaired) electrons. The van der Waals surface area contributed by atoms with Gasteiger partial charge in [0.05, 0.1) is 0 Å². The van der Waals surface area contributed by atoms with Crippen LogP contribution < -0.4 is 11.6 Å². The number of imide groups is 1. The van der Waals surface area contributed by atoms with Gasteiger partial charge in [0.2, 0.25) is 0 Å². The average molecular weight is 377 g/mol. The summed E-state index contributed by atoms with van der Waals surface area (Å²) in [7, 11) is 0. The van der Waals surface area contributed by atoms with Crippen molar-refractivity contribution >= 4 is 22.6 Å². The molecule has 0 aliphatic heterocycles. The van der Waals surface area contributed by atoms with Crippen LogP contribution in [0, 0.1) is 0 Å². The van der Waals surface area contributed by atoms with Gasteiger partial charge in [-0.1, -0.05) is 66.7 Å². The summed E-state index contributed by atoms with van der Waals surface area (Å²) in [6.07, 6.45) is -0.575. The molecule has 0 heterocycles. The first kappa shape index (κ1) is 19.7. The lowest BCUT2D eigenvalue weighted by Gasteiger charge is -2.23. The number of hydrogen-bond acceptors (Lipinski definition) is 5. The third-order valence-corrected chi connectivity index (χ3v) is 4.74. The summed E-state index contributed by atoms with van der Waals surface area (Å²) in [5.41, 5.74) is 7.31. The van der Waals surface area contributed by atoms with Crippen molar-refractivity contribution in [1.82, 2.24) is 5.01 Å². The van der Waals surface area contributed by atoms with Crippen molar-refractivity contribution in [3.8, 4) is 0 Å². The number of amides is 2. The Kier molecular flexibility index (Phi) is 6.16. The predicted octanol–water partition coefficient (Wildman–Crippen LogP) is 2.00. The number of aliphatic hydroxyl groups is 1. The fourth-order valence-electron chi connectivity index (χ4n) is 3.10. The first-order chi connectivity index (χ1) is 13.5. The van der Waals surface area contributed by atoms with Gasteiger partial charge in [-0.05, 0) is 35.2 Å². The zero-order valence-electron chi connectivity index (χ0n) is 15.4. The molecule has 2 unspecified atom stereocenters. The number of fused-ring (bicyclic) bond motifs is 1. The second-order valence-electron chi connectivity index (χ2n) is 6.67. The number of nitrogens with zero attached hydrogens (tertiary/aromatic N) is 1. The van der Waals surface area contributed by atoms with Gasteiger partial charge in [0, 0.05) is 11.6 Å². The maximum absolute atomic E-state index is 12.7. The Morgan fingerprint density at radius 3 is 2.32 bits per heavy atom. The smallest absolute Gasteiger partial charge is 0.275 e. The molecule has 0 aliphatic rings. The molecular formula is C22H23N3O3. The van der Waals surface area contributed by atoms with Crippen LogP contribution in [0.1, 0.15) is 22.3 Å². The summed E-state index contributed by atoms with van der Waals surface area (Å²) in [5, 5.41) is 12.3.